The number of fused-ring (bicyclic) bond motifs is 1. The summed E-state index contributed by atoms with van der Waals surface area (Å²) in [5.41, 5.74) is 2.40. The first-order valence-electron chi connectivity index (χ1n) is 10.6. The maximum absolute atomic E-state index is 12.9. The molecule has 8 nitrogen and oxygen atoms in total. The molecule has 0 bridgehead atoms. The van der Waals surface area contributed by atoms with Gasteiger partial charge >= 0.3 is 0 Å². The Labute approximate surface area is 184 Å². The van der Waals surface area contributed by atoms with Crippen molar-refractivity contribution >= 4 is 44.1 Å². The highest BCUT2D eigenvalue weighted by atomic mass is 32.1. The van der Waals surface area contributed by atoms with E-state index in [4.69, 9.17) is 9.47 Å². The third kappa shape index (κ3) is 4.15. The molecular formula is C22H25N5O3S. The van der Waals surface area contributed by atoms with Gasteiger partial charge in [-0.3, -0.25) is 10.1 Å². The molecule has 9 heteroatoms. The van der Waals surface area contributed by atoms with Crippen molar-refractivity contribution in [2.24, 2.45) is 0 Å². The molecule has 0 unspecified atom stereocenters. The number of carbonyl (C=O) groups is 1. The van der Waals surface area contributed by atoms with Gasteiger partial charge in [0.2, 0.25) is 0 Å². The predicted molar refractivity (Wildman–Crippen MR) is 123 cm³/mol. The number of aromatic nitrogens is 2. The Kier molecular flexibility index (Phi) is 5.61. The molecule has 1 aliphatic carbocycles. The van der Waals surface area contributed by atoms with E-state index in [-0.39, 0.29) is 5.91 Å². The average Bonchev–Trinajstić information content (AvgIpc) is 3.20. The molecule has 2 aromatic heterocycles. The van der Waals surface area contributed by atoms with E-state index in [1.807, 2.05) is 6.07 Å². The molecule has 1 amide bonds. The summed E-state index contributed by atoms with van der Waals surface area (Å²) in [4.78, 5) is 24.2. The summed E-state index contributed by atoms with van der Waals surface area (Å²) in [6.07, 6.45) is 5.20. The number of hydrogen-bond donors (Lipinski definition) is 2. The largest absolute Gasteiger partial charge is 0.494 e. The molecule has 2 aliphatic rings. The van der Waals surface area contributed by atoms with Crippen molar-refractivity contribution in [1.82, 2.24) is 9.97 Å². The van der Waals surface area contributed by atoms with E-state index >= 15 is 0 Å². The van der Waals surface area contributed by atoms with Gasteiger partial charge in [0.05, 0.1) is 30.7 Å². The fourth-order valence-electron chi connectivity index (χ4n) is 3.82. The number of anilines is 3. The molecule has 2 fully saturated rings. The van der Waals surface area contributed by atoms with Crippen LogP contribution in [0.5, 0.6) is 5.75 Å². The van der Waals surface area contributed by atoms with Crippen molar-refractivity contribution in [2.45, 2.75) is 25.3 Å². The van der Waals surface area contributed by atoms with E-state index in [0.717, 1.165) is 47.7 Å². The van der Waals surface area contributed by atoms with Crippen LogP contribution in [0.3, 0.4) is 0 Å². The standard InChI is InChI=1S/C22H25N5O3S/c1-29-17-6-5-16(27-9-11-30-12-10-27)20-19(17)25-22(31-20)26-21(28)14-7-8-23-18(13-14)24-15-3-2-4-15/h5-8,13,15H,2-4,9-12H2,1H3,(H,23,24)(H,25,26,28). The second kappa shape index (κ2) is 8.68. The van der Waals surface area contributed by atoms with Crippen molar-refractivity contribution in [2.75, 3.05) is 48.9 Å². The number of carbonyl (C=O) groups excluding carboxylic acids is 1. The maximum atomic E-state index is 12.9. The molecule has 162 valence electrons. The summed E-state index contributed by atoms with van der Waals surface area (Å²) < 4.78 is 12.0. The molecule has 5 rings (SSSR count). The molecule has 1 saturated carbocycles. The number of amides is 1. The molecule has 1 aliphatic heterocycles. The van der Waals surface area contributed by atoms with E-state index in [0.29, 0.717) is 35.7 Å². The van der Waals surface area contributed by atoms with Crippen LogP contribution < -0.4 is 20.3 Å². The number of hydrogen-bond acceptors (Lipinski definition) is 8. The number of nitrogens with zero attached hydrogens (tertiary/aromatic N) is 3. The Balaban J connectivity index is 1.40. The summed E-state index contributed by atoms with van der Waals surface area (Å²) in [6.45, 7) is 3.06. The third-order valence-electron chi connectivity index (χ3n) is 5.76. The summed E-state index contributed by atoms with van der Waals surface area (Å²) in [7, 11) is 1.63. The number of morpholine rings is 1. The minimum Gasteiger partial charge on any atom is -0.494 e. The van der Waals surface area contributed by atoms with Crippen molar-refractivity contribution in [1.29, 1.82) is 0 Å². The van der Waals surface area contributed by atoms with Crippen LogP contribution in [0.2, 0.25) is 0 Å². The topological polar surface area (TPSA) is 88.6 Å². The molecule has 1 saturated heterocycles. The Morgan fingerprint density at radius 1 is 1.26 bits per heavy atom. The smallest absolute Gasteiger partial charge is 0.257 e. The van der Waals surface area contributed by atoms with Crippen LogP contribution in [-0.2, 0) is 4.74 Å². The van der Waals surface area contributed by atoms with E-state index < -0.39 is 0 Å². The predicted octanol–water partition coefficient (Wildman–Crippen LogP) is 3.75. The Morgan fingerprint density at radius 2 is 2.10 bits per heavy atom. The monoisotopic (exact) mass is 439 g/mol. The lowest BCUT2D eigenvalue weighted by molar-refractivity contribution is 0.102. The van der Waals surface area contributed by atoms with Gasteiger partial charge in [-0.05, 0) is 43.5 Å². The van der Waals surface area contributed by atoms with Gasteiger partial charge in [-0.2, -0.15) is 0 Å². The summed E-state index contributed by atoms with van der Waals surface area (Å²) in [6, 6.07) is 7.95. The molecule has 1 aromatic carbocycles. The SMILES string of the molecule is COc1ccc(N2CCOCC2)c2sc(NC(=O)c3ccnc(NC4CCC4)c3)nc12. The highest BCUT2D eigenvalue weighted by Gasteiger charge is 2.21. The zero-order chi connectivity index (χ0) is 21.2. The quantitative estimate of drug-likeness (QED) is 0.605. The zero-order valence-corrected chi connectivity index (χ0v) is 18.2. The van der Waals surface area contributed by atoms with Crippen molar-refractivity contribution in [3.05, 3.63) is 36.0 Å². The molecule has 3 heterocycles. The zero-order valence-electron chi connectivity index (χ0n) is 17.4. The summed E-state index contributed by atoms with van der Waals surface area (Å²) in [5, 5.41) is 6.88. The summed E-state index contributed by atoms with van der Waals surface area (Å²) >= 11 is 1.46. The van der Waals surface area contributed by atoms with Gasteiger partial charge in [-0.15, -0.1) is 0 Å². The Bertz CT molecular complexity index is 1090. The number of rotatable bonds is 6. The van der Waals surface area contributed by atoms with E-state index in [9.17, 15) is 4.79 Å². The van der Waals surface area contributed by atoms with Crippen molar-refractivity contribution in [3.8, 4) is 5.75 Å². The molecule has 0 radical (unpaired) electrons. The van der Waals surface area contributed by atoms with Crippen LogP contribution in [0.1, 0.15) is 29.6 Å². The second-order valence-electron chi connectivity index (χ2n) is 7.74. The first-order chi connectivity index (χ1) is 15.2. The average molecular weight is 440 g/mol. The van der Waals surface area contributed by atoms with Crippen LogP contribution in [0.4, 0.5) is 16.6 Å². The third-order valence-corrected chi connectivity index (χ3v) is 6.75. The van der Waals surface area contributed by atoms with E-state index in [1.54, 1.807) is 25.4 Å². The molecule has 2 N–H and O–H groups in total. The Hall–Kier alpha value is -2.91. The second-order valence-corrected chi connectivity index (χ2v) is 8.74. The van der Waals surface area contributed by atoms with Gasteiger partial charge < -0.3 is 19.7 Å². The molecule has 0 atom stereocenters. The lowest BCUT2D eigenvalue weighted by Crippen LogP contribution is -2.36. The number of thiazole rings is 1. The molecule has 3 aromatic rings. The number of benzene rings is 1. The molecule has 31 heavy (non-hydrogen) atoms. The van der Waals surface area contributed by atoms with Crippen LogP contribution in [0, 0.1) is 0 Å². The van der Waals surface area contributed by atoms with E-state index in [2.05, 4.69) is 31.6 Å². The minimum atomic E-state index is -0.204. The van der Waals surface area contributed by atoms with Crippen LogP contribution in [0.25, 0.3) is 10.2 Å². The summed E-state index contributed by atoms with van der Waals surface area (Å²) in [5.74, 6) is 1.22. The van der Waals surface area contributed by atoms with Gasteiger partial charge in [0, 0.05) is 30.9 Å². The van der Waals surface area contributed by atoms with Crippen LogP contribution >= 0.6 is 11.3 Å². The van der Waals surface area contributed by atoms with Crippen molar-refractivity contribution < 1.29 is 14.3 Å². The van der Waals surface area contributed by atoms with Gasteiger partial charge in [0.25, 0.3) is 5.91 Å². The van der Waals surface area contributed by atoms with E-state index in [1.165, 1.54) is 17.8 Å². The highest BCUT2D eigenvalue weighted by molar-refractivity contribution is 7.23. The van der Waals surface area contributed by atoms with Gasteiger partial charge in [0.1, 0.15) is 17.1 Å². The minimum absolute atomic E-state index is 0.204. The number of ether oxygens (including phenoxy) is 2. The van der Waals surface area contributed by atoms with Crippen LogP contribution in [-0.4, -0.2) is 55.3 Å². The fraction of sp³-hybridized carbons (Fsp3) is 0.409. The van der Waals surface area contributed by atoms with Gasteiger partial charge in [-0.1, -0.05) is 11.3 Å². The number of nitrogens with one attached hydrogen (secondary N) is 2. The first-order valence-corrected chi connectivity index (χ1v) is 11.4. The van der Waals surface area contributed by atoms with Crippen LogP contribution in [0.15, 0.2) is 30.5 Å². The molecule has 0 spiro atoms. The first kappa shape index (κ1) is 20.0. The molecular weight excluding hydrogens is 414 g/mol. The number of pyridine rings is 1. The normalized spacial score (nSPS) is 16.7. The van der Waals surface area contributed by atoms with Crippen molar-refractivity contribution in [3.63, 3.8) is 0 Å². The Morgan fingerprint density at radius 3 is 2.84 bits per heavy atom. The van der Waals surface area contributed by atoms with Gasteiger partial charge in [0.15, 0.2) is 5.13 Å². The fourth-order valence-corrected chi connectivity index (χ4v) is 4.84. The lowest BCUT2D eigenvalue weighted by atomic mass is 9.93. The van der Waals surface area contributed by atoms with Gasteiger partial charge in [-0.25, -0.2) is 9.97 Å². The highest BCUT2D eigenvalue weighted by Crippen LogP contribution is 2.39. The lowest BCUT2D eigenvalue weighted by Gasteiger charge is -2.29. The number of methoxy groups -OCH3 is 1. The maximum Gasteiger partial charge on any atom is 0.257 e.